The molecule has 0 bridgehead atoms. The molecule has 0 spiro atoms. The Hall–Kier alpha value is -1.28. The predicted octanol–water partition coefficient (Wildman–Crippen LogP) is 2.89. The largest absolute Gasteiger partial charge is 0.488 e. The molecule has 2 rings (SSSR count). The van der Waals surface area contributed by atoms with Gasteiger partial charge >= 0.3 is 0 Å². The average molecular weight is 204 g/mol. The lowest BCUT2D eigenvalue weighted by Gasteiger charge is -2.12. The third kappa shape index (κ3) is 2.60. The summed E-state index contributed by atoms with van der Waals surface area (Å²) in [5.74, 6) is 0.892. The van der Waals surface area contributed by atoms with Gasteiger partial charge in [0.25, 0.3) is 0 Å². The highest BCUT2D eigenvalue weighted by Crippen LogP contribution is 2.22. The van der Waals surface area contributed by atoms with Crippen LogP contribution in [-0.4, -0.2) is 18.8 Å². The summed E-state index contributed by atoms with van der Waals surface area (Å²) in [6, 6.07) is 8.00. The minimum Gasteiger partial charge on any atom is -0.488 e. The van der Waals surface area contributed by atoms with Crippen molar-refractivity contribution in [3.63, 3.8) is 0 Å². The molecular formula is C13H16O2. The first-order valence-electron chi connectivity index (χ1n) is 5.21. The fraction of sp³-hybridized carbons (Fsp3) is 0.385. The highest BCUT2D eigenvalue weighted by atomic mass is 16.6. The van der Waals surface area contributed by atoms with Crippen LogP contribution in [-0.2, 0) is 4.74 Å². The molecule has 15 heavy (non-hydrogen) atoms. The molecule has 1 aromatic rings. The summed E-state index contributed by atoms with van der Waals surface area (Å²) in [7, 11) is 0. The number of rotatable bonds is 4. The fourth-order valence-corrected chi connectivity index (χ4v) is 1.44. The van der Waals surface area contributed by atoms with Crippen LogP contribution in [0, 0.1) is 0 Å². The number of epoxide rings is 1. The maximum absolute atomic E-state index is 5.72. The summed E-state index contributed by atoms with van der Waals surface area (Å²) in [5.41, 5.74) is 2.22. The van der Waals surface area contributed by atoms with E-state index in [2.05, 4.69) is 6.58 Å². The second kappa shape index (κ2) is 4.07. The lowest BCUT2D eigenvalue weighted by molar-refractivity contribution is 0.176. The van der Waals surface area contributed by atoms with E-state index in [0.29, 0.717) is 0 Å². The van der Waals surface area contributed by atoms with Crippen LogP contribution in [0.3, 0.4) is 0 Å². The third-order valence-corrected chi connectivity index (χ3v) is 2.55. The molecule has 0 saturated carbocycles. The summed E-state index contributed by atoms with van der Waals surface area (Å²) in [6.07, 6.45) is 0.423. The molecule has 80 valence electrons. The highest BCUT2D eigenvalue weighted by Gasteiger charge is 2.30. The molecule has 0 amide bonds. The van der Waals surface area contributed by atoms with Crippen LogP contribution < -0.4 is 4.74 Å². The van der Waals surface area contributed by atoms with E-state index in [4.69, 9.17) is 9.47 Å². The lowest BCUT2D eigenvalue weighted by Crippen LogP contribution is -2.18. The number of hydrogen-bond donors (Lipinski definition) is 0. The second-order valence-corrected chi connectivity index (χ2v) is 4.00. The standard InChI is InChI=1S/C13H16O2/c1-9(2)11-4-6-12(7-5-11)15-10(3)13-8-14-13/h4-7,10,13H,1,8H2,2-3H3. The fourth-order valence-electron chi connectivity index (χ4n) is 1.44. The molecule has 1 fully saturated rings. The zero-order chi connectivity index (χ0) is 10.8. The molecule has 1 saturated heterocycles. The number of ether oxygens (including phenoxy) is 2. The van der Waals surface area contributed by atoms with Crippen LogP contribution >= 0.6 is 0 Å². The van der Waals surface area contributed by atoms with Gasteiger partial charge in [-0.05, 0) is 31.5 Å². The van der Waals surface area contributed by atoms with Crippen molar-refractivity contribution in [2.75, 3.05) is 6.61 Å². The van der Waals surface area contributed by atoms with Gasteiger partial charge in [0.15, 0.2) is 0 Å². The van der Waals surface area contributed by atoms with Crippen molar-refractivity contribution < 1.29 is 9.47 Å². The minimum atomic E-state index is 0.140. The van der Waals surface area contributed by atoms with E-state index in [1.807, 2.05) is 38.1 Å². The Morgan fingerprint density at radius 2 is 2.07 bits per heavy atom. The Balaban J connectivity index is 1.99. The van der Waals surface area contributed by atoms with Crippen LogP contribution in [0.25, 0.3) is 5.57 Å². The van der Waals surface area contributed by atoms with E-state index < -0.39 is 0 Å². The smallest absolute Gasteiger partial charge is 0.124 e. The summed E-state index contributed by atoms with van der Waals surface area (Å²) < 4.78 is 10.9. The third-order valence-electron chi connectivity index (χ3n) is 2.55. The lowest BCUT2D eigenvalue weighted by atomic mass is 10.1. The Labute approximate surface area is 90.5 Å². The van der Waals surface area contributed by atoms with Gasteiger partial charge < -0.3 is 9.47 Å². The van der Waals surface area contributed by atoms with Crippen molar-refractivity contribution in [2.24, 2.45) is 0 Å². The molecule has 2 heteroatoms. The van der Waals surface area contributed by atoms with Gasteiger partial charge in [0.05, 0.1) is 6.61 Å². The van der Waals surface area contributed by atoms with E-state index in [-0.39, 0.29) is 12.2 Å². The number of allylic oxidation sites excluding steroid dienone is 1. The average Bonchev–Trinajstić information content (AvgIpc) is 3.01. The highest BCUT2D eigenvalue weighted by molar-refractivity contribution is 5.61. The normalized spacial score (nSPS) is 20.8. The molecule has 1 aliphatic rings. The van der Waals surface area contributed by atoms with Gasteiger partial charge in [-0.3, -0.25) is 0 Å². The Bertz CT molecular complexity index is 349. The van der Waals surface area contributed by atoms with Gasteiger partial charge in [-0.15, -0.1) is 0 Å². The van der Waals surface area contributed by atoms with Crippen molar-refractivity contribution >= 4 is 5.57 Å². The molecule has 1 aliphatic heterocycles. The van der Waals surface area contributed by atoms with E-state index in [1.165, 1.54) is 0 Å². The van der Waals surface area contributed by atoms with Gasteiger partial charge in [-0.25, -0.2) is 0 Å². The molecule has 1 aromatic carbocycles. The Morgan fingerprint density at radius 1 is 1.47 bits per heavy atom. The van der Waals surface area contributed by atoms with Gasteiger partial charge in [0.2, 0.25) is 0 Å². The Morgan fingerprint density at radius 3 is 2.53 bits per heavy atom. The summed E-state index contributed by atoms with van der Waals surface area (Å²) in [4.78, 5) is 0. The van der Waals surface area contributed by atoms with Gasteiger partial charge in [-0.1, -0.05) is 24.3 Å². The summed E-state index contributed by atoms with van der Waals surface area (Å²) in [5, 5.41) is 0. The zero-order valence-electron chi connectivity index (χ0n) is 9.19. The Kier molecular flexibility index (Phi) is 2.78. The quantitative estimate of drug-likeness (QED) is 0.703. The monoisotopic (exact) mass is 204 g/mol. The van der Waals surface area contributed by atoms with Crippen LogP contribution in [0.15, 0.2) is 30.8 Å². The van der Waals surface area contributed by atoms with Gasteiger partial charge in [0, 0.05) is 0 Å². The minimum absolute atomic E-state index is 0.140. The van der Waals surface area contributed by atoms with Crippen molar-refractivity contribution in [1.82, 2.24) is 0 Å². The summed E-state index contributed by atoms with van der Waals surface area (Å²) in [6.45, 7) is 8.75. The van der Waals surface area contributed by atoms with Gasteiger partial charge in [0.1, 0.15) is 18.0 Å². The van der Waals surface area contributed by atoms with Crippen LogP contribution in [0.1, 0.15) is 19.4 Å². The van der Waals surface area contributed by atoms with E-state index in [1.54, 1.807) is 0 Å². The van der Waals surface area contributed by atoms with E-state index in [0.717, 1.165) is 23.5 Å². The van der Waals surface area contributed by atoms with Crippen molar-refractivity contribution in [2.45, 2.75) is 26.1 Å². The SMILES string of the molecule is C=C(C)c1ccc(OC(C)C2CO2)cc1. The number of benzene rings is 1. The first kappa shape index (κ1) is 10.2. The zero-order valence-corrected chi connectivity index (χ0v) is 9.19. The first-order valence-corrected chi connectivity index (χ1v) is 5.21. The van der Waals surface area contributed by atoms with Crippen molar-refractivity contribution in [3.8, 4) is 5.75 Å². The van der Waals surface area contributed by atoms with E-state index >= 15 is 0 Å². The predicted molar refractivity (Wildman–Crippen MR) is 61.0 cm³/mol. The van der Waals surface area contributed by atoms with E-state index in [9.17, 15) is 0 Å². The second-order valence-electron chi connectivity index (χ2n) is 4.00. The molecule has 0 N–H and O–H groups in total. The van der Waals surface area contributed by atoms with Crippen molar-refractivity contribution in [3.05, 3.63) is 36.4 Å². The first-order chi connectivity index (χ1) is 7.16. The molecular weight excluding hydrogens is 188 g/mol. The number of hydrogen-bond acceptors (Lipinski definition) is 2. The molecule has 0 radical (unpaired) electrons. The molecule has 2 nitrogen and oxygen atoms in total. The van der Waals surface area contributed by atoms with Gasteiger partial charge in [-0.2, -0.15) is 0 Å². The molecule has 1 heterocycles. The molecule has 0 aromatic heterocycles. The van der Waals surface area contributed by atoms with Crippen molar-refractivity contribution in [1.29, 1.82) is 0 Å². The topological polar surface area (TPSA) is 21.8 Å². The molecule has 2 unspecified atom stereocenters. The maximum Gasteiger partial charge on any atom is 0.124 e. The summed E-state index contributed by atoms with van der Waals surface area (Å²) >= 11 is 0. The maximum atomic E-state index is 5.72. The van der Waals surface area contributed by atoms with Crippen LogP contribution in [0.2, 0.25) is 0 Å². The molecule has 0 aliphatic carbocycles. The van der Waals surface area contributed by atoms with Crippen LogP contribution in [0.5, 0.6) is 5.75 Å². The van der Waals surface area contributed by atoms with Crippen LogP contribution in [0.4, 0.5) is 0 Å². The molecule has 2 atom stereocenters.